The molecule has 0 bridgehead atoms. The first-order valence-corrected chi connectivity index (χ1v) is 10.3. The summed E-state index contributed by atoms with van der Waals surface area (Å²) in [6.07, 6.45) is 3.33. The maximum atomic E-state index is 9.10. The maximum absolute atomic E-state index is 9.10. The first kappa shape index (κ1) is 18.0. The van der Waals surface area contributed by atoms with Gasteiger partial charge in [-0.1, -0.05) is 24.3 Å². The minimum absolute atomic E-state index is 0.595. The van der Waals surface area contributed by atoms with Gasteiger partial charge in [-0.05, 0) is 56.6 Å². The lowest BCUT2D eigenvalue weighted by atomic mass is 9.97. The second-order valence-electron chi connectivity index (χ2n) is 6.95. The number of nitrogens with zero attached hydrogens (tertiary/aromatic N) is 3. The molecule has 0 saturated carbocycles. The predicted molar refractivity (Wildman–Crippen MR) is 109 cm³/mol. The molecule has 1 fully saturated rings. The average molecular weight is 378 g/mol. The third kappa shape index (κ3) is 4.29. The molecular formula is C22H23N3OS. The Labute approximate surface area is 164 Å². The van der Waals surface area contributed by atoms with Crippen LogP contribution < -0.4 is 4.74 Å². The standard InChI is InChI=1S/C22H23N3OS/c23-16-18-6-1-3-8-20(18)26-15-5-12-25-13-10-17(11-14-25)22-24-19-7-2-4-9-21(19)27-22/h1-4,6-9,17H,5,10-15H2. The van der Waals surface area contributed by atoms with Gasteiger partial charge < -0.3 is 9.64 Å². The van der Waals surface area contributed by atoms with Gasteiger partial charge in [0.05, 0.1) is 27.4 Å². The van der Waals surface area contributed by atoms with Crippen LogP contribution in [0.3, 0.4) is 0 Å². The number of thiazole rings is 1. The van der Waals surface area contributed by atoms with Crippen LogP contribution in [-0.4, -0.2) is 36.1 Å². The lowest BCUT2D eigenvalue weighted by Gasteiger charge is -2.30. The van der Waals surface area contributed by atoms with Gasteiger partial charge in [0.2, 0.25) is 0 Å². The fraction of sp³-hybridized carbons (Fsp3) is 0.364. The molecule has 0 radical (unpaired) electrons. The number of benzene rings is 2. The molecule has 0 atom stereocenters. The molecule has 3 aromatic rings. The number of aromatic nitrogens is 1. The van der Waals surface area contributed by atoms with Gasteiger partial charge in [-0.15, -0.1) is 11.3 Å². The second kappa shape index (κ2) is 8.51. The van der Waals surface area contributed by atoms with Crippen LogP contribution in [0.4, 0.5) is 0 Å². The van der Waals surface area contributed by atoms with Crippen LogP contribution >= 0.6 is 11.3 Å². The van der Waals surface area contributed by atoms with Crippen LogP contribution in [0.25, 0.3) is 10.2 Å². The minimum Gasteiger partial charge on any atom is -0.492 e. The van der Waals surface area contributed by atoms with Crippen LogP contribution in [0.1, 0.15) is 35.8 Å². The van der Waals surface area contributed by atoms with Crippen molar-refractivity contribution in [1.82, 2.24) is 9.88 Å². The lowest BCUT2D eigenvalue weighted by Crippen LogP contribution is -2.34. The number of ether oxygens (including phenoxy) is 1. The highest BCUT2D eigenvalue weighted by atomic mass is 32.1. The Bertz CT molecular complexity index is 905. The predicted octanol–water partition coefficient (Wildman–Crippen LogP) is 4.82. The van der Waals surface area contributed by atoms with Crippen LogP contribution in [-0.2, 0) is 0 Å². The van der Waals surface area contributed by atoms with Crippen LogP contribution in [0, 0.1) is 11.3 Å². The SMILES string of the molecule is N#Cc1ccccc1OCCCN1CCC(c2nc3ccccc3s2)CC1. The van der Waals surface area contributed by atoms with Gasteiger partial charge in [0.25, 0.3) is 0 Å². The van der Waals surface area contributed by atoms with E-state index in [4.69, 9.17) is 15.0 Å². The molecule has 5 heteroatoms. The largest absolute Gasteiger partial charge is 0.492 e. The third-order valence-electron chi connectivity index (χ3n) is 5.13. The zero-order chi connectivity index (χ0) is 18.5. The number of hydrogen-bond acceptors (Lipinski definition) is 5. The van der Waals surface area contributed by atoms with Crippen molar-refractivity contribution in [3.8, 4) is 11.8 Å². The highest BCUT2D eigenvalue weighted by Gasteiger charge is 2.23. The Morgan fingerprint density at radius 1 is 1.11 bits per heavy atom. The van der Waals surface area contributed by atoms with E-state index in [2.05, 4.69) is 35.2 Å². The molecule has 1 aliphatic rings. The summed E-state index contributed by atoms with van der Waals surface area (Å²) in [5.41, 5.74) is 1.74. The van der Waals surface area contributed by atoms with E-state index in [1.807, 2.05) is 29.5 Å². The van der Waals surface area contributed by atoms with Crippen molar-refractivity contribution in [2.24, 2.45) is 0 Å². The maximum Gasteiger partial charge on any atom is 0.137 e. The van der Waals surface area contributed by atoms with Gasteiger partial charge in [0.15, 0.2) is 0 Å². The van der Waals surface area contributed by atoms with Crippen molar-refractivity contribution >= 4 is 21.6 Å². The molecule has 4 nitrogen and oxygen atoms in total. The number of rotatable bonds is 6. The summed E-state index contributed by atoms with van der Waals surface area (Å²) in [6, 6.07) is 18.0. The first-order valence-electron chi connectivity index (χ1n) is 9.53. The van der Waals surface area contributed by atoms with E-state index in [0.29, 0.717) is 23.8 Å². The van der Waals surface area contributed by atoms with Gasteiger partial charge >= 0.3 is 0 Å². The lowest BCUT2D eigenvalue weighted by molar-refractivity contribution is 0.193. The fourth-order valence-electron chi connectivity index (χ4n) is 3.62. The first-order chi connectivity index (χ1) is 13.3. The summed E-state index contributed by atoms with van der Waals surface area (Å²) in [7, 11) is 0. The van der Waals surface area contributed by atoms with Gasteiger partial charge in [0, 0.05) is 12.5 Å². The number of para-hydroxylation sites is 2. The fourth-order valence-corrected chi connectivity index (χ4v) is 4.76. The summed E-state index contributed by atoms with van der Waals surface area (Å²) >= 11 is 1.85. The third-order valence-corrected chi connectivity index (χ3v) is 6.33. The van der Waals surface area contributed by atoms with E-state index in [1.165, 1.54) is 22.5 Å². The smallest absolute Gasteiger partial charge is 0.137 e. The molecule has 1 aromatic heterocycles. The Morgan fingerprint density at radius 3 is 2.70 bits per heavy atom. The molecule has 27 heavy (non-hydrogen) atoms. The highest BCUT2D eigenvalue weighted by molar-refractivity contribution is 7.18. The Hall–Kier alpha value is -2.42. The Kier molecular flexibility index (Phi) is 5.66. The number of piperidine rings is 1. The molecule has 0 aliphatic carbocycles. The van der Waals surface area contributed by atoms with Crippen molar-refractivity contribution in [2.45, 2.75) is 25.2 Å². The van der Waals surface area contributed by atoms with Crippen LogP contribution in [0.5, 0.6) is 5.75 Å². The molecule has 0 spiro atoms. The minimum atomic E-state index is 0.595. The van der Waals surface area contributed by atoms with Crippen molar-refractivity contribution in [3.63, 3.8) is 0 Å². The van der Waals surface area contributed by atoms with Crippen LogP contribution in [0.15, 0.2) is 48.5 Å². The van der Waals surface area contributed by atoms with Gasteiger partial charge in [0.1, 0.15) is 11.8 Å². The Morgan fingerprint density at radius 2 is 1.89 bits per heavy atom. The number of nitriles is 1. The normalized spacial score (nSPS) is 15.7. The van der Waals surface area contributed by atoms with Gasteiger partial charge in [-0.25, -0.2) is 4.98 Å². The van der Waals surface area contributed by atoms with E-state index >= 15 is 0 Å². The molecule has 1 aliphatic heterocycles. The molecule has 138 valence electrons. The van der Waals surface area contributed by atoms with E-state index in [9.17, 15) is 0 Å². The summed E-state index contributed by atoms with van der Waals surface area (Å²) < 4.78 is 7.08. The van der Waals surface area contributed by atoms with Crippen molar-refractivity contribution in [2.75, 3.05) is 26.2 Å². The molecular weight excluding hydrogens is 354 g/mol. The van der Waals surface area contributed by atoms with Crippen molar-refractivity contribution in [1.29, 1.82) is 5.26 Å². The molecule has 0 N–H and O–H groups in total. The zero-order valence-electron chi connectivity index (χ0n) is 15.3. The number of hydrogen-bond donors (Lipinski definition) is 0. The van der Waals surface area contributed by atoms with Crippen molar-refractivity contribution < 1.29 is 4.74 Å². The van der Waals surface area contributed by atoms with Crippen LogP contribution in [0.2, 0.25) is 0 Å². The molecule has 1 saturated heterocycles. The molecule has 4 rings (SSSR count). The summed E-state index contributed by atoms with van der Waals surface area (Å²) in [4.78, 5) is 7.36. The monoisotopic (exact) mass is 377 g/mol. The highest BCUT2D eigenvalue weighted by Crippen LogP contribution is 2.33. The summed E-state index contributed by atoms with van der Waals surface area (Å²) in [5, 5.41) is 10.4. The average Bonchev–Trinajstić information content (AvgIpc) is 3.16. The summed E-state index contributed by atoms with van der Waals surface area (Å²) in [6.45, 7) is 3.93. The van der Waals surface area contributed by atoms with Gasteiger partial charge in [-0.2, -0.15) is 5.26 Å². The van der Waals surface area contributed by atoms with E-state index in [1.54, 1.807) is 6.07 Å². The molecule has 0 unspecified atom stereocenters. The molecule has 0 amide bonds. The number of likely N-dealkylation sites (tertiary alicyclic amines) is 1. The van der Waals surface area contributed by atoms with E-state index in [-0.39, 0.29) is 0 Å². The number of fused-ring (bicyclic) bond motifs is 1. The summed E-state index contributed by atoms with van der Waals surface area (Å²) in [5.74, 6) is 1.28. The molecule has 2 heterocycles. The second-order valence-corrected chi connectivity index (χ2v) is 8.01. The van der Waals surface area contributed by atoms with Gasteiger partial charge in [-0.3, -0.25) is 0 Å². The van der Waals surface area contributed by atoms with E-state index in [0.717, 1.165) is 31.6 Å². The Balaban J connectivity index is 1.22. The van der Waals surface area contributed by atoms with E-state index < -0.39 is 0 Å². The molecule has 2 aromatic carbocycles. The zero-order valence-corrected chi connectivity index (χ0v) is 16.1. The quantitative estimate of drug-likeness (QED) is 0.578. The van der Waals surface area contributed by atoms with Crippen molar-refractivity contribution in [3.05, 3.63) is 59.1 Å². The topological polar surface area (TPSA) is 49.1 Å².